The maximum absolute atomic E-state index is 12.8. The summed E-state index contributed by atoms with van der Waals surface area (Å²) in [5.41, 5.74) is 2.17. The Morgan fingerprint density at radius 3 is 2.48 bits per heavy atom. The number of aromatic hydroxyl groups is 1. The monoisotopic (exact) mass is 439 g/mol. The molecule has 31 heavy (non-hydrogen) atoms. The third kappa shape index (κ3) is 3.17. The fraction of sp³-hybridized carbons (Fsp3) is 0.227. The van der Waals surface area contributed by atoms with Gasteiger partial charge in [-0.15, -0.1) is 11.3 Å². The number of aromatic nitrogens is 3. The predicted octanol–water partition coefficient (Wildman–Crippen LogP) is 3.31. The molecule has 4 rings (SSSR count). The topological polar surface area (TPSA) is 117 Å². The number of carbonyl (C=O) groups excluding carboxylic acids is 1. The molecular formula is C22H21N3O5S. The van der Waals surface area contributed by atoms with E-state index in [9.17, 15) is 19.5 Å². The Morgan fingerprint density at radius 1 is 1.19 bits per heavy atom. The molecule has 160 valence electrons. The van der Waals surface area contributed by atoms with Crippen LogP contribution < -0.4 is 11.2 Å². The van der Waals surface area contributed by atoms with Crippen LogP contribution in [0.15, 0.2) is 33.9 Å². The molecule has 0 saturated carbocycles. The molecule has 1 aromatic carbocycles. The minimum absolute atomic E-state index is 0.0605. The largest absolute Gasteiger partial charge is 0.505 e. The van der Waals surface area contributed by atoms with E-state index in [1.165, 1.54) is 23.0 Å². The predicted molar refractivity (Wildman–Crippen MR) is 120 cm³/mol. The Bertz CT molecular complexity index is 1440. The lowest BCUT2D eigenvalue weighted by Gasteiger charge is -2.06. The number of aromatic amines is 2. The number of fused-ring (bicyclic) bond motifs is 1. The number of rotatable bonds is 4. The van der Waals surface area contributed by atoms with Gasteiger partial charge in [0.2, 0.25) is 0 Å². The zero-order valence-corrected chi connectivity index (χ0v) is 18.3. The van der Waals surface area contributed by atoms with Gasteiger partial charge in [0.15, 0.2) is 0 Å². The first-order valence-electron chi connectivity index (χ1n) is 9.63. The van der Waals surface area contributed by atoms with Crippen molar-refractivity contribution >= 4 is 28.3 Å². The summed E-state index contributed by atoms with van der Waals surface area (Å²) in [6.45, 7) is 3.75. The number of aryl methyl sites for hydroxylation is 3. The second kappa shape index (κ2) is 7.59. The summed E-state index contributed by atoms with van der Waals surface area (Å²) in [5, 5.41) is 11.2. The number of carbonyl (C=O) groups is 1. The minimum atomic E-state index is -0.660. The fourth-order valence-electron chi connectivity index (χ4n) is 3.70. The lowest BCUT2D eigenvalue weighted by molar-refractivity contribution is 0.0597. The van der Waals surface area contributed by atoms with E-state index in [1.54, 1.807) is 14.0 Å². The Hall–Kier alpha value is -3.59. The molecule has 3 N–H and O–H groups in total. The van der Waals surface area contributed by atoms with Gasteiger partial charge in [-0.25, -0.2) is 9.59 Å². The van der Waals surface area contributed by atoms with Gasteiger partial charge in [0.05, 0.1) is 23.1 Å². The lowest BCUT2D eigenvalue weighted by atomic mass is 10.0. The molecule has 3 heterocycles. The minimum Gasteiger partial charge on any atom is -0.505 e. The number of H-pyrrole nitrogens is 2. The van der Waals surface area contributed by atoms with Gasteiger partial charge in [0.25, 0.3) is 5.56 Å². The first-order chi connectivity index (χ1) is 14.8. The maximum atomic E-state index is 12.8. The third-order valence-corrected chi connectivity index (χ3v) is 6.51. The first-order valence-corrected chi connectivity index (χ1v) is 10.4. The average Bonchev–Trinajstić information content (AvgIpc) is 3.29. The molecule has 8 nitrogen and oxygen atoms in total. The molecule has 0 unspecified atom stereocenters. The van der Waals surface area contributed by atoms with Crippen LogP contribution in [0.25, 0.3) is 32.7 Å². The molecule has 0 spiro atoms. The summed E-state index contributed by atoms with van der Waals surface area (Å²) in [5.74, 6) is -0.914. The maximum Gasteiger partial charge on any atom is 0.342 e. The molecule has 9 heteroatoms. The van der Waals surface area contributed by atoms with Gasteiger partial charge in [0, 0.05) is 17.5 Å². The Kier molecular flexibility index (Phi) is 5.06. The van der Waals surface area contributed by atoms with Crippen molar-refractivity contribution in [3.05, 3.63) is 61.1 Å². The number of hydrogen-bond donors (Lipinski definition) is 3. The van der Waals surface area contributed by atoms with Crippen molar-refractivity contribution in [3.8, 4) is 27.4 Å². The zero-order chi connectivity index (χ0) is 22.4. The molecule has 0 aliphatic carbocycles. The Morgan fingerprint density at radius 2 is 1.87 bits per heavy atom. The Balaban J connectivity index is 2.13. The zero-order valence-electron chi connectivity index (χ0n) is 17.5. The van der Waals surface area contributed by atoms with E-state index in [-0.39, 0.29) is 16.7 Å². The molecule has 0 bridgehead atoms. The van der Waals surface area contributed by atoms with Crippen LogP contribution in [0.1, 0.15) is 27.7 Å². The van der Waals surface area contributed by atoms with E-state index in [1.807, 2.05) is 24.3 Å². The summed E-state index contributed by atoms with van der Waals surface area (Å²) in [6.07, 6.45) is 0.876. The number of hydrogen-bond acceptors (Lipinski definition) is 6. The number of thiophene rings is 1. The van der Waals surface area contributed by atoms with Gasteiger partial charge >= 0.3 is 11.7 Å². The molecule has 0 fully saturated rings. The van der Waals surface area contributed by atoms with Crippen molar-refractivity contribution in [2.45, 2.75) is 20.3 Å². The van der Waals surface area contributed by atoms with E-state index < -0.39 is 17.2 Å². The van der Waals surface area contributed by atoms with Crippen LogP contribution in [-0.2, 0) is 18.2 Å². The molecule has 0 atom stereocenters. The number of methoxy groups -OCH3 is 1. The number of nitrogens with one attached hydrogen (secondary N) is 2. The normalized spacial score (nSPS) is 11.2. The van der Waals surface area contributed by atoms with E-state index in [0.717, 1.165) is 17.5 Å². The van der Waals surface area contributed by atoms with Crippen molar-refractivity contribution in [1.29, 1.82) is 0 Å². The molecular weight excluding hydrogens is 418 g/mol. The van der Waals surface area contributed by atoms with Gasteiger partial charge in [-0.2, -0.15) is 0 Å². The standard InChI is InChI=1S/C22H21N3O5S/c1-5-11-6-8-12(9-7-11)16-14(15-19(23-16)25(3)22(29)24-20(15)27)18-17(26)13(10(2)31-18)21(28)30-4/h6-9,23,26H,5H2,1-4H3,(H,24,27,29). The second-order valence-electron chi connectivity index (χ2n) is 7.17. The van der Waals surface area contributed by atoms with Crippen molar-refractivity contribution in [3.63, 3.8) is 0 Å². The third-order valence-electron chi connectivity index (χ3n) is 5.39. The lowest BCUT2D eigenvalue weighted by Crippen LogP contribution is -2.28. The van der Waals surface area contributed by atoms with Gasteiger partial charge in [0.1, 0.15) is 17.0 Å². The number of benzene rings is 1. The van der Waals surface area contributed by atoms with Gasteiger partial charge in [-0.05, 0) is 24.5 Å². The molecule has 0 aliphatic rings. The highest BCUT2D eigenvalue weighted by Crippen LogP contribution is 2.47. The highest BCUT2D eigenvalue weighted by Gasteiger charge is 2.28. The van der Waals surface area contributed by atoms with Crippen molar-refractivity contribution in [2.75, 3.05) is 7.11 Å². The van der Waals surface area contributed by atoms with Crippen LogP contribution in [0.2, 0.25) is 0 Å². The average molecular weight is 439 g/mol. The highest BCUT2D eigenvalue weighted by molar-refractivity contribution is 7.16. The van der Waals surface area contributed by atoms with Gasteiger partial charge in [-0.1, -0.05) is 31.2 Å². The molecule has 3 aromatic heterocycles. The summed E-state index contributed by atoms with van der Waals surface area (Å²) >= 11 is 1.18. The number of esters is 1. The van der Waals surface area contributed by atoms with E-state index in [4.69, 9.17) is 4.74 Å². The van der Waals surface area contributed by atoms with Crippen molar-refractivity contribution < 1.29 is 14.6 Å². The van der Waals surface area contributed by atoms with Crippen LogP contribution >= 0.6 is 11.3 Å². The SMILES string of the molecule is CCc1ccc(-c2[nH]c3c(c2-c2sc(C)c(C(=O)OC)c2O)c(=O)[nH]c(=O)n3C)cc1. The van der Waals surface area contributed by atoms with Gasteiger partial charge < -0.3 is 14.8 Å². The first kappa shape index (κ1) is 20.7. The summed E-state index contributed by atoms with van der Waals surface area (Å²) in [6, 6.07) is 7.79. The molecule has 0 saturated heterocycles. The highest BCUT2D eigenvalue weighted by atomic mass is 32.1. The second-order valence-corrected chi connectivity index (χ2v) is 8.39. The summed E-state index contributed by atoms with van der Waals surface area (Å²) in [7, 11) is 2.79. The number of ether oxygens (including phenoxy) is 1. The Labute approximate surface area is 180 Å². The van der Waals surface area contributed by atoms with E-state index >= 15 is 0 Å². The summed E-state index contributed by atoms with van der Waals surface area (Å²) in [4.78, 5) is 43.6. The molecule has 0 amide bonds. The summed E-state index contributed by atoms with van der Waals surface area (Å²) < 4.78 is 6.11. The van der Waals surface area contributed by atoms with Crippen LogP contribution in [0, 0.1) is 6.92 Å². The van der Waals surface area contributed by atoms with Crippen LogP contribution in [0.5, 0.6) is 5.75 Å². The van der Waals surface area contributed by atoms with E-state index in [2.05, 4.69) is 16.9 Å². The van der Waals surface area contributed by atoms with E-state index in [0.29, 0.717) is 26.7 Å². The van der Waals surface area contributed by atoms with Crippen LogP contribution in [-0.4, -0.2) is 32.7 Å². The molecule has 0 radical (unpaired) electrons. The smallest absolute Gasteiger partial charge is 0.342 e. The van der Waals surface area contributed by atoms with Crippen molar-refractivity contribution in [1.82, 2.24) is 14.5 Å². The molecule has 4 aromatic rings. The molecule has 0 aliphatic heterocycles. The number of nitrogens with zero attached hydrogens (tertiary/aromatic N) is 1. The quantitative estimate of drug-likeness (QED) is 0.422. The fourth-order valence-corrected chi connectivity index (χ4v) is 4.79. The van der Waals surface area contributed by atoms with Gasteiger partial charge in [-0.3, -0.25) is 14.3 Å². The van der Waals surface area contributed by atoms with Crippen molar-refractivity contribution in [2.24, 2.45) is 7.05 Å². The van der Waals surface area contributed by atoms with Crippen LogP contribution in [0.3, 0.4) is 0 Å². The van der Waals surface area contributed by atoms with Crippen LogP contribution in [0.4, 0.5) is 0 Å².